The van der Waals surface area contributed by atoms with Gasteiger partial charge in [-0.3, -0.25) is 4.79 Å². The Balaban J connectivity index is 2.31. The maximum atomic E-state index is 13.3. The molecule has 3 rings (SSSR count). The Morgan fingerprint density at radius 3 is 2.36 bits per heavy atom. The van der Waals surface area contributed by atoms with Gasteiger partial charge >= 0.3 is 0 Å². The van der Waals surface area contributed by atoms with Crippen LogP contribution < -0.4 is 5.32 Å². The molecule has 0 spiro atoms. The summed E-state index contributed by atoms with van der Waals surface area (Å²) in [7, 11) is -3.60. The van der Waals surface area contributed by atoms with E-state index in [-0.39, 0.29) is 16.6 Å². The average molecular weight is 402 g/mol. The van der Waals surface area contributed by atoms with Crippen LogP contribution in [0.3, 0.4) is 0 Å². The predicted molar refractivity (Wildman–Crippen MR) is 110 cm³/mol. The summed E-state index contributed by atoms with van der Waals surface area (Å²) in [6.45, 7) is 5.27. The molecular weight excluding hydrogens is 374 g/mol. The molecular formula is C22H27NO4S. The van der Waals surface area contributed by atoms with Crippen molar-refractivity contribution < 1.29 is 18.3 Å². The zero-order valence-electron chi connectivity index (χ0n) is 16.5. The minimum absolute atomic E-state index is 0.0933. The van der Waals surface area contributed by atoms with Crippen molar-refractivity contribution in [3.05, 3.63) is 59.7 Å². The number of sulfone groups is 1. The van der Waals surface area contributed by atoms with Gasteiger partial charge in [-0.25, -0.2) is 8.42 Å². The lowest BCUT2D eigenvalue weighted by molar-refractivity contribution is -0.114. The first-order valence-electron chi connectivity index (χ1n) is 9.61. The second-order valence-electron chi connectivity index (χ2n) is 7.60. The van der Waals surface area contributed by atoms with Crippen molar-refractivity contribution in [2.45, 2.75) is 50.5 Å². The fourth-order valence-corrected chi connectivity index (χ4v) is 6.63. The highest BCUT2D eigenvalue weighted by Gasteiger charge is 2.48. The molecule has 1 heterocycles. The first-order valence-corrected chi connectivity index (χ1v) is 11.3. The third kappa shape index (κ3) is 3.59. The lowest BCUT2D eigenvalue weighted by atomic mass is 9.70. The molecule has 2 atom stereocenters. The van der Waals surface area contributed by atoms with Crippen LogP contribution in [0.15, 0.2) is 53.4 Å². The number of rotatable bonds is 4. The van der Waals surface area contributed by atoms with E-state index in [0.717, 1.165) is 5.56 Å². The number of amides is 1. The first-order chi connectivity index (χ1) is 13.2. The van der Waals surface area contributed by atoms with Crippen molar-refractivity contribution >= 4 is 21.4 Å². The van der Waals surface area contributed by atoms with Crippen molar-refractivity contribution in [2.24, 2.45) is 5.41 Å². The summed E-state index contributed by atoms with van der Waals surface area (Å²) >= 11 is 0. The molecule has 0 saturated heterocycles. The molecule has 2 N–H and O–H groups in total. The maximum absolute atomic E-state index is 13.3. The Hall–Kier alpha value is -2.18. The molecule has 0 radical (unpaired) electrons. The molecule has 1 aliphatic rings. The second-order valence-corrected chi connectivity index (χ2v) is 9.55. The lowest BCUT2D eigenvalue weighted by Gasteiger charge is -2.38. The van der Waals surface area contributed by atoms with E-state index >= 15 is 0 Å². The van der Waals surface area contributed by atoms with E-state index in [0.29, 0.717) is 24.1 Å². The van der Waals surface area contributed by atoms with Crippen LogP contribution in [0, 0.1) is 5.41 Å². The average Bonchev–Trinajstić information content (AvgIpc) is 2.73. The number of carbonyl (C=O) groups excluding carboxylic acids is 1. The van der Waals surface area contributed by atoms with Crippen LogP contribution in [0.1, 0.15) is 50.7 Å². The molecule has 0 fully saturated rings. The third-order valence-corrected chi connectivity index (χ3v) is 7.98. The molecule has 2 aromatic carbocycles. The first kappa shape index (κ1) is 20.6. The smallest absolute Gasteiger partial charge is 0.221 e. The van der Waals surface area contributed by atoms with Gasteiger partial charge in [-0.1, -0.05) is 44.2 Å². The van der Waals surface area contributed by atoms with Crippen LogP contribution >= 0.6 is 0 Å². The van der Waals surface area contributed by atoms with Gasteiger partial charge in [0.25, 0.3) is 0 Å². The summed E-state index contributed by atoms with van der Waals surface area (Å²) in [5.74, 6) is -0.823. The van der Waals surface area contributed by atoms with Crippen molar-refractivity contribution in [2.75, 3.05) is 11.1 Å². The van der Waals surface area contributed by atoms with E-state index in [1.807, 2.05) is 44.2 Å². The Kier molecular flexibility index (Phi) is 5.64. The fraction of sp³-hybridized carbons (Fsp3) is 0.409. The summed E-state index contributed by atoms with van der Waals surface area (Å²) in [6, 6.07) is 14.3. The van der Waals surface area contributed by atoms with Crippen LogP contribution in [0.2, 0.25) is 0 Å². The van der Waals surface area contributed by atoms with Gasteiger partial charge in [0.2, 0.25) is 5.91 Å². The standard InChI is InChI=1S/C22H27NO4S/c1-4-22(5-2)14-28(26,27)19-12-11-17(23-15(3)24)13-18(19)20(21(22)25)16-9-7-6-8-10-16/h6-13,20-21,25H,4-5,14H2,1-3H3,(H,23,24)/t20-,21-/m1/s1. The van der Waals surface area contributed by atoms with Crippen molar-refractivity contribution in [1.82, 2.24) is 0 Å². The number of aliphatic hydroxyl groups excluding tert-OH is 1. The minimum Gasteiger partial charge on any atom is -0.392 e. The second kappa shape index (κ2) is 7.68. The van der Waals surface area contributed by atoms with Crippen molar-refractivity contribution in [1.29, 1.82) is 0 Å². The van der Waals surface area contributed by atoms with Crippen LogP contribution in [0.5, 0.6) is 0 Å². The molecule has 0 aromatic heterocycles. The van der Waals surface area contributed by atoms with Gasteiger partial charge in [-0.2, -0.15) is 0 Å². The van der Waals surface area contributed by atoms with Gasteiger partial charge in [-0.15, -0.1) is 0 Å². The number of hydrogen-bond donors (Lipinski definition) is 2. The fourth-order valence-electron chi connectivity index (χ4n) is 4.32. The van der Waals surface area contributed by atoms with Gasteiger partial charge in [0.15, 0.2) is 9.84 Å². The molecule has 0 bridgehead atoms. The zero-order valence-corrected chi connectivity index (χ0v) is 17.3. The minimum atomic E-state index is -3.60. The SMILES string of the molecule is CCC1(CC)CS(=O)(=O)c2ccc(NC(C)=O)cc2[C@@H](c2ccccc2)[C@H]1O. The number of fused-ring (bicyclic) bond motifs is 1. The topological polar surface area (TPSA) is 83.5 Å². The van der Waals surface area contributed by atoms with Crippen molar-refractivity contribution in [3.63, 3.8) is 0 Å². The molecule has 5 nitrogen and oxygen atoms in total. The van der Waals surface area contributed by atoms with Crippen LogP contribution in [0.4, 0.5) is 5.69 Å². The van der Waals surface area contributed by atoms with E-state index in [4.69, 9.17) is 0 Å². The number of anilines is 1. The van der Waals surface area contributed by atoms with Gasteiger partial charge in [-0.05, 0) is 42.2 Å². The molecule has 6 heteroatoms. The predicted octanol–water partition coefficient (Wildman–Crippen LogP) is 3.73. The van der Waals surface area contributed by atoms with E-state index < -0.39 is 27.3 Å². The molecule has 0 unspecified atom stereocenters. The number of nitrogens with one attached hydrogen (secondary N) is 1. The summed E-state index contributed by atoms with van der Waals surface area (Å²) in [4.78, 5) is 11.7. The van der Waals surface area contributed by atoms with Gasteiger partial charge in [0, 0.05) is 23.9 Å². The molecule has 150 valence electrons. The molecule has 0 aliphatic carbocycles. The van der Waals surface area contributed by atoms with Crippen LogP contribution in [0.25, 0.3) is 0 Å². The number of benzene rings is 2. The van der Waals surface area contributed by atoms with Crippen molar-refractivity contribution in [3.8, 4) is 0 Å². The number of hydrogen-bond acceptors (Lipinski definition) is 4. The normalized spacial score (nSPS) is 22.7. The van der Waals surface area contributed by atoms with E-state index in [9.17, 15) is 18.3 Å². The zero-order chi connectivity index (χ0) is 20.5. The van der Waals surface area contributed by atoms with E-state index in [1.54, 1.807) is 18.2 Å². The molecule has 0 saturated carbocycles. The molecule has 28 heavy (non-hydrogen) atoms. The summed E-state index contributed by atoms with van der Waals surface area (Å²) in [6.07, 6.45) is 0.244. The molecule has 1 amide bonds. The summed E-state index contributed by atoms with van der Waals surface area (Å²) < 4.78 is 26.6. The Bertz CT molecular complexity index is 965. The van der Waals surface area contributed by atoms with Crippen LogP contribution in [-0.4, -0.2) is 31.3 Å². The largest absolute Gasteiger partial charge is 0.392 e. The molecule has 1 aliphatic heterocycles. The van der Waals surface area contributed by atoms with Gasteiger partial charge in [0.1, 0.15) is 0 Å². The number of aliphatic hydroxyl groups is 1. The van der Waals surface area contributed by atoms with Gasteiger partial charge in [0.05, 0.1) is 16.8 Å². The number of carbonyl (C=O) groups is 1. The lowest BCUT2D eigenvalue weighted by Crippen LogP contribution is -2.42. The highest BCUT2D eigenvalue weighted by Crippen LogP contribution is 2.48. The summed E-state index contributed by atoms with van der Waals surface area (Å²) in [5.41, 5.74) is 1.18. The Labute approximate surface area is 166 Å². The van der Waals surface area contributed by atoms with E-state index in [1.165, 1.54) is 6.92 Å². The van der Waals surface area contributed by atoms with Gasteiger partial charge < -0.3 is 10.4 Å². The quantitative estimate of drug-likeness (QED) is 0.818. The third-order valence-electron chi connectivity index (χ3n) is 5.99. The Morgan fingerprint density at radius 1 is 1.14 bits per heavy atom. The highest BCUT2D eigenvalue weighted by molar-refractivity contribution is 7.91. The maximum Gasteiger partial charge on any atom is 0.221 e. The summed E-state index contributed by atoms with van der Waals surface area (Å²) in [5, 5.41) is 14.2. The highest BCUT2D eigenvalue weighted by atomic mass is 32.2. The van der Waals surface area contributed by atoms with Crippen LogP contribution in [-0.2, 0) is 14.6 Å². The molecule has 2 aromatic rings. The van der Waals surface area contributed by atoms with E-state index in [2.05, 4.69) is 5.32 Å². The monoisotopic (exact) mass is 401 g/mol. The Morgan fingerprint density at radius 2 is 1.79 bits per heavy atom.